The van der Waals surface area contributed by atoms with Gasteiger partial charge in [-0.05, 0) is 70.8 Å². The molecule has 0 radical (unpaired) electrons. The van der Waals surface area contributed by atoms with Crippen LogP contribution < -0.4 is 4.72 Å². The van der Waals surface area contributed by atoms with Gasteiger partial charge in [-0.1, -0.05) is 77.8 Å². The van der Waals surface area contributed by atoms with E-state index in [4.69, 9.17) is 28.2 Å². The van der Waals surface area contributed by atoms with Crippen LogP contribution >= 0.6 is 23.2 Å². The first-order chi connectivity index (χ1) is 20.0. The zero-order valence-electron chi connectivity index (χ0n) is 22.3. The lowest BCUT2D eigenvalue weighted by molar-refractivity contribution is 0.0697. The van der Waals surface area contributed by atoms with Crippen molar-refractivity contribution in [1.29, 1.82) is 0 Å². The van der Waals surface area contributed by atoms with Crippen LogP contribution in [0.15, 0.2) is 97.2 Å². The van der Waals surface area contributed by atoms with E-state index in [0.717, 1.165) is 34.1 Å². The number of benzene rings is 4. The Balaban J connectivity index is 1.40. The number of sulfonamides is 1. The molecule has 5 aromatic rings. The Hall–Kier alpha value is -4.37. The number of rotatable bonds is 9. The Kier molecular flexibility index (Phi) is 8.49. The molecular weight excluding hydrogens is 593 g/mol. The zero-order valence-corrected chi connectivity index (χ0v) is 24.7. The first kappa shape index (κ1) is 29.1. The van der Waals surface area contributed by atoms with Crippen LogP contribution in [-0.4, -0.2) is 35.3 Å². The molecule has 42 heavy (non-hydrogen) atoms. The molecule has 0 amide bonds. The number of hydrogen-bond donors (Lipinski definition) is 2. The van der Waals surface area contributed by atoms with Gasteiger partial charge >= 0.3 is 5.97 Å². The number of nitrogens with one attached hydrogen (secondary N) is 1. The highest BCUT2D eigenvalue weighted by Crippen LogP contribution is 2.30. The molecule has 0 saturated heterocycles. The number of carbonyl (C=O) groups is 1. The van der Waals surface area contributed by atoms with Crippen molar-refractivity contribution in [3.05, 3.63) is 130 Å². The average Bonchev–Trinajstić information content (AvgIpc) is 3.34. The lowest BCUT2D eigenvalue weighted by Crippen LogP contribution is -2.09. The lowest BCUT2D eigenvalue weighted by atomic mass is 10.0. The molecular formula is C32H25Cl2N3O4S. The Bertz CT molecular complexity index is 1880. The van der Waals surface area contributed by atoms with E-state index in [-0.39, 0.29) is 5.56 Å². The van der Waals surface area contributed by atoms with Crippen molar-refractivity contribution in [2.45, 2.75) is 6.54 Å². The number of carboxylic acid groups (broad SMARTS) is 1. The van der Waals surface area contributed by atoms with Crippen molar-refractivity contribution in [3.8, 4) is 22.4 Å². The van der Waals surface area contributed by atoms with E-state index >= 15 is 0 Å². The topological polar surface area (TPSA) is 101 Å². The van der Waals surface area contributed by atoms with Crippen molar-refractivity contribution in [1.82, 2.24) is 9.55 Å². The van der Waals surface area contributed by atoms with E-state index < -0.39 is 16.0 Å². The third kappa shape index (κ3) is 7.28. The fourth-order valence-corrected chi connectivity index (χ4v) is 5.44. The number of nitrogens with zero attached hydrogens (tertiary/aromatic N) is 2. The number of carboxylic acids is 1. The van der Waals surface area contributed by atoms with Gasteiger partial charge < -0.3 is 9.67 Å². The molecule has 0 atom stereocenters. The first-order valence-corrected chi connectivity index (χ1v) is 15.4. The van der Waals surface area contributed by atoms with E-state index in [1.807, 2.05) is 65.4 Å². The predicted octanol–water partition coefficient (Wildman–Crippen LogP) is 7.81. The molecule has 1 aromatic heterocycles. The minimum Gasteiger partial charge on any atom is -0.478 e. The van der Waals surface area contributed by atoms with Crippen LogP contribution in [0.5, 0.6) is 0 Å². The second-order valence-corrected chi connectivity index (χ2v) is 12.2. The molecule has 0 unspecified atom stereocenters. The maximum atomic E-state index is 11.5. The number of anilines is 1. The van der Waals surface area contributed by atoms with E-state index in [0.29, 0.717) is 33.8 Å². The summed E-state index contributed by atoms with van der Waals surface area (Å²) in [5.41, 5.74) is 5.99. The third-order valence-corrected chi connectivity index (χ3v) is 7.58. The Morgan fingerprint density at radius 3 is 2.14 bits per heavy atom. The summed E-state index contributed by atoms with van der Waals surface area (Å²) < 4.78 is 27.3. The van der Waals surface area contributed by atoms with Crippen LogP contribution in [0.4, 0.5) is 5.69 Å². The van der Waals surface area contributed by atoms with Gasteiger partial charge in [0, 0.05) is 29.0 Å². The second kappa shape index (κ2) is 12.2. The number of halogens is 2. The minimum atomic E-state index is -3.33. The van der Waals surface area contributed by atoms with Crippen LogP contribution in [0.1, 0.15) is 27.3 Å². The average molecular weight is 619 g/mol. The first-order valence-electron chi connectivity index (χ1n) is 12.8. The van der Waals surface area contributed by atoms with Gasteiger partial charge in [0.1, 0.15) is 5.82 Å². The molecule has 0 bridgehead atoms. The summed E-state index contributed by atoms with van der Waals surface area (Å²) in [4.78, 5) is 16.1. The summed E-state index contributed by atoms with van der Waals surface area (Å²) in [5.74, 6) is -0.282. The Morgan fingerprint density at radius 1 is 0.905 bits per heavy atom. The third-order valence-electron chi connectivity index (χ3n) is 6.43. The van der Waals surface area contributed by atoms with Gasteiger partial charge in [0.2, 0.25) is 10.0 Å². The molecule has 212 valence electrons. The summed E-state index contributed by atoms with van der Waals surface area (Å²) in [6.45, 7) is 0.473. The van der Waals surface area contributed by atoms with Crippen molar-refractivity contribution >= 4 is 57.0 Å². The number of imidazole rings is 1. The van der Waals surface area contributed by atoms with Crippen LogP contribution in [0.3, 0.4) is 0 Å². The number of aromatic nitrogens is 2. The maximum absolute atomic E-state index is 11.5. The number of aromatic carboxylic acids is 1. The molecule has 0 saturated carbocycles. The largest absolute Gasteiger partial charge is 0.478 e. The van der Waals surface area contributed by atoms with Gasteiger partial charge in [-0.15, -0.1) is 0 Å². The molecule has 2 N–H and O–H groups in total. The summed E-state index contributed by atoms with van der Waals surface area (Å²) >= 11 is 12.6. The standard InChI is InChI=1S/C32H25Cl2N3O4S/c1-42(40,41)36-27-14-11-24(12-15-27)23-7-2-21(3-8-23)6-17-31-35-30(28-16-13-26(33)18-29(28)34)20-37(31)19-22-4-9-25(10-5-22)32(38)39/h2-18,20,36H,19H2,1H3,(H,38,39)/b17-6+. The quantitative estimate of drug-likeness (QED) is 0.176. The van der Waals surface area contributed by atoms with Gasteiger partial charge in [0.05, 0.1) is 22.5 Å². The fraction of sp³-hybridized carbons (Fsp3) is 0.0625. The van der Waals surface area contributed by atoms with Gasteiger partial charge in [-0.3, -0.25) is 4.72 Å². The van der Waals surface area contributed by atoms with Crippen LogP contribution in [-0.2, 0) is 16.6 Å². The summed E-state index contributed by atoms with van der Waals surface area (Å²) in [6, 6.07) is 27.1. The van der Waals surface area contributed by atoms with Crippen LogP contribution in [0.25, 0.3) is 34.5 Å². The molecule has 0 spiro atoms. The van der Waals surface area contributed by atoms with Crippen molar-refractivity contribution in [3.63, 3.8) is 0 Å². The molecule has 0 aliphatic heterocycles. The summed E-state index contributed by atoms with van der Waals surface area (Å²) in [5, 5.41) is 10.2. The van der Waals surface area contributed by atoms with Gasteiger partial charge in [0.25, 0.3) is 0 Å². The highest BCUT2D eigenvalue weighted by atomic mass is 35.5. The lowest BCUT2D eigenvalue weighted by Gasteiger charge is -2.07. The maximum Gasteiger partial charge on any atom is 0.335 e. The fourth-order valence-electron chi connectivity index (χ4n) is 4.37. The molecule has 0 aliphatic carbocycles. The smallest absolute Gasteiger partial charge is 0.335 e. The van der Waals surface area contributed by atoms with Crippen molar-refractivity contribution in [2.75, 3.05) is 11.0 Å². The molecule has 0 aliphatic rings. The predicted molar refractivity (Wildman–Crippen MR) is 169 cm³/mol. The van der Waals surface area contributed by atoms with E-state index in [2.05, 4.69) is 4.72 Å². The Morgan fingerprint density at radius 2 is 1.55 bits per heavy atom. The molecule has 5 rings (SSSR count). The summed E-state index contributed by atoms with van der Waals surface area (Å²) in [6.07, 6.45) is 6.90. The highest BCUT2D eigenvalue weighted by Gasteiger charge is 2.12. The van der Waals surface area contributed by atoms with Crippen molar-refractivity contribution < 1.29 is 18.3 Å². The van der Waals surface area contributed by atoms with E-state index in [9.17, 15) is 18.3 Å². The molecule has 4 aromatic carbocycles. The summed E-state index contributed by atoms with van der Waals surface area (Å²) in [7, 11) is -3.33. The highest BCUT2D eigenvalue weighted by molar-refractivity contribution is 7.92. The van der Waals surface area contributed by atoms with E-state index in [1.54, 1.807) is 48.5 Å². The SMILES string of the molecule is CS(=O)(=O)Nc1ccc(-c2ccc(/C=C/c3nc(-c4ccc(Cl)cc4Cl)cn3Cc3ccc(C(=O)O)cc3)cc2)cc1. The van der Waals surface area contributed by atoms with Gasteiger partial charge in [-0.25, -0.2) is 18.2 Å². The van der Waals surface area contributed by atoms with Crippen LogP contribution in [0.2, 0.25) is 10.0 Å². The molecule has 1 heterocycles. The second-order valence-electron chi connectivity index (χ2n) is 9.65. The normalized spacial score (nSPS) is 11.6. The zero-order chi connectivity index (χ0) is 29.9. The van der Waals surface area contributed by atoms with E-state index in [1.165, 1.54) is 0 Å². The molecule has 0 fully saturated rings. The minimum absolute atomic E-state index is 0.225. The van der Waals surface area contributed by atoms with Gasteiger partial charge in [0.15, 0.2) is 0 Å². The number of hydrogen-bond acceptors (Lipinski definition) is 4. The Labute approximate surface area is 253 Å². The van der Waals surface area contributed by atoms with Crippen molar-refractivity contribution in [2.24, 2.45) is 0 Å². The molecule has 7 nitrogen and oxygen atoms in total. The monoisotopic (exact) mass is 617 g/mol. The van der Waals surface area contributed by atoms with Gasteiger partial charge in [-0.2, -0.15) is 0 Å². The van der Waals surface area contributed by atoms with Crippen LogP contribution in [0, 0.1) is 0 Å². The molecule has 10 heteroatoms.